The standard InChI is InChI=1S/C7H14ClN2.CH4/c1-9(2)5-7(8)6-10(3)4;/h5-6H,1-4H3;1H4/q+1;. The molecule has 0 saturated heterocycles. The highest BCUT2D eigenvalue weighted by Crippen LogP contribution is 1.96. The maximum absolute atomic E-state index is 5.79. The zero-order valence-corrected chi connectivity index (χ0v) is 7.68. The smallest absolute Gasteiger partial charge is 0.183 e. The van der Waals surface area contributed by atoms with E-state index in [1.54, 1.807) is 0 Å². The van der Waals surface area contributed by atoms with Crippen LogP contribution in [0.3, 0.4) is 0 Å². The summed E-state index contributed by atoms with van der Waals surface area (Å²) >= 11 is 5.79. The lowest BCUT2D eigenvalue weighted by molar-refractivity contribution is -0.458. The first-order chi connectivity index (χ1) is 4.52. The fourth-order valence-electron chi connectivity index (χ4n) is 0.527. The summed E-state index contributed by atoms with van der Waals surface area (Å²) in [6.45, 7) is 0. The molecule has 0 N–H and O–H groups in total. The third-order valence-electron chi connectivity index (χ3n) is 0.763. The minimum Gasteiger partial charge on any atom is -0.382 e. The van der Waals surface area contributed by atoms with Crippen LogP contribution in [0.2, 0.25) is 0 Å². The first kappa shape index (κ1) is 13.1. The topological polar surface area (TPSA) is 6.25 Å². The van der Waals surface area contributed by atoms with Gasteiger partial charge >= 0.3 is 0 Å². The predicted molar refractivity (Wildman–Crippen MR) is 52.5 cm³/mol. The molecule has 0 aromatic heterocycles. The van der Waals surface area contributed by atoms with E-state index in [9.17, 15) is 0 Å². The molecule has 0 radical (unpaired) electrons. The van der Waals surface area contributed by atoms with E-state index in [0.29, 0.717) is 0 Å². The number of nitrogens with zero attached hydrogens (tertiary/aromatic N) is 2. The van der Waals surface area contributed by atoms with Gasteiger partial charge in [0.15, 0.2) is 6.21 Å². The van der Waals surface area contributed by atoms with Crippen LogP contribution in [0.25, 0.3) is 0 Å². The second-order valence-corrected chi connectivity index (χ2v) is 3.01. The van der Waals surface area contributed by atoms with Crippen molar-refractivity contribution in [3.63, 3.8) is 0 Å². The molecular weight excluding hydrogens is 160 g/mol. The number of halogens is 1. The number of hydrogen-bond acceptors (Lipinski definition) is 1. The average Bonchev–Trinajstić information content (AvgIpc) is 1.58. The third-order valence-corrected chi connectivity index (χ3v) is 0.958. The van der Waals surface area contributed by atoms with Gasteiger partial charge in [0.05, 0.1) is 0 Å². The molecule has 0 bridgehead atoms. The normalized spacial score (nSPS) is 10.1. The zero-order chi connectivity index (χ0) is 8.15. The fourth-order valence-corrected chi connectivity index (χ4v) is 0.917. The molecule has 0 aromatic rings. The van der Waals surface area contributed by atoms with E-state index >= 15 is 0 Å². The van der Waals surface area contributed by atoms with Crippen molar-refractivity contribution in [1.82, 2.24) is 4.90 Å². The lowest BCUT2D eigenvalue weighted by atomic mass is 10.6. The Bertz CT molecular complexity index is 155. The Kier molecular flexibility index (Phi) is 7.42. The molecule has 2 nitrogen and oxygen atoms in total. The molecule has 0 aliphatic carbocycles. The molecule has 0 rings (SSSR count). The van der Waals surface area contributed by atoms with Crippen LogP contribution in [0.5, 0.6) is 0 Å². The zero-order valence-electron chi connectivity index (χ0n) is 6.93. The highest BCUT2D eigenvalue weighted by atomic mass is 35.5. The summed E-state index contributed by atoms with van der Waals surface area (Å²) in [6.07, 6.45) is 3.70. The molecule has 0 atom stereocenters. The van der Waals surface area contributed by atoms with Gasteiger partial charge in [0, 0.05) is 20.3 Å². The maximum atomic E-state index is 5.79. The lowest BCUT2D eigenvalue weighted by Gasteiger charge is -2.02. The first-order valence-electron chi connectivity index (χ1n) is 3.07. The van der Waals surface area contributed by atoms with Gasteiger partial charge in [0.1, 0.15) is 19.1 Å². The average molecular weight is 178 g/mol. The van der Waals surface area contributed by atoms with Crippen molar-refractivity contribution in [2.24, 2.45) is 0 Å². The maximum Gasteiger partial charge on any atom is 0.183 e. The summed E-state index contributed by atoms with van der Waals surface area (Å²) < 4.78 is 1.91. The summed E-state index contributed by atoms with van der Waals surface area (Å²) in [5.74, 6) is 0. The van der Waals surface area contributed by atoms with Gasteiger partial charge in [-0.15, -0.1) is 0 Å². The van der Waals surface area contributed by atoms with Crippen LogP contribution in [0, 0.1) is 0 Å². The second kappa shape index (κ2) is 6.23. The van der Waals surface area contributed by atoms with Crippen molar-refractivity contribution < 1.29 is 4.58 Å². The molecule has 0 amide bonds. The monoisotopic (exact) mass is 177 g/mol. The highest BCUT2D eigenvalue weighted by molar-refractivity contribution is 6.38. The molecule has 0 aliphatic rings. The van der Waals surface area contributed by atoms with Gasteiger partial charge in [0.25, 0.3) is 0 Å². The number of hydrogen-bond donors (Lipinski definition) is 0. The van der Waals surface area contributed by atoms with Crippen molar-refractivity contribution >= 4 is 17.8 Å². The predicted octanol–water partition coefficient (Wildman–Crippen LogP) is 1.61. The Labute approximate surface area is 74.8 Å². The van der Waals surface area contributed by atoms with Crippen LogP contribution in [0.15, 0.2) is 11.2 Å². The Morgan fingerprint density at radius 2 is 1.82 bits per heavy atom. The van der Waals surface area contributed by atoms with E-state index < -0.39 is 0 Å². The Hall–Kier alpha value is -0.500. The Morgan fingerprint density at radius 1 is 1.36 bits per heavy atom. The SMILES string of the molecule is C.CN(C)/C=C(\Cl)C=[N+](C)C. The second-order valence-electron chi connectivity index (χ2n) is 2.57. The minimum absolute atomic E-state index is 0. The molecular formula is C8H18ClN2+. The van der Waals surface area contributed by atoms with Crippen molar-refractivity contribution in [3.05, 3.63) is 11.2 Å². The van der Waals surface area contributed by atoms with Gasteiger partial charge in [-0.25, -0.2) is 4.58 Å². The molecule has 3 heteroatoms. The van der Waals surface area contributed by atoms with Gasteiger partial charge in [-0.05, 0) is 0 Å². The summed E-state index contributed by atoms with van der Waals surface area (Å²) in [6, 6.07) is 0. The molecule has 0 aliphatic heterocycles. The largest absolute Gasteiger partial charge is 0.382 e. The van der Waals surface area contributed by atoms with Gasteiger partial charge < -0.3 is 4.90 Å². The summed E-state index contributed by atoms with van der Waals surface area (Å²) in [4.78, 5) is 1.91. The Morgan fingerprint density at radius 3 is 2.09 bits per heavy atom. The van der Waals surface area contributed by atoms with Gasteiger partial charge in [-0.3, -0.25) is 0 Å². The van der Waals surface area contributed by atoms with Crippen molar-refractivity contribution in [3.8, 4) is 0 Å². The van der Waals surface area contributed by atoms with Crippen LogP contribution >= 0.6 is 11.6 Å². The third kappa shape index (κ3) is 9.50. The molecule has 0 aromatic carbocycles. The molecule has 0 heterocycles. The van der Waals surface area contributed by atoms with Crippen LogP contribution in [0.1, 0.15) is 7.43 Å². The van der Waals surface area contributed by atoms with E-state index in [0.717, 1.165) is 5.03 Å². The van der Waals surface area contributed by atoms with Gasteiger partial charge in [-0.2, -0.15) is 0 Å². The van der Waals surface area contributed by atoms with E-state index in [1.807, 2.05) is 50.1 Å². The van der Waals surface area contributed by atoms with Crippen molar-refractivity contribution in [2.45, 2.75) is 7.43 Å². The summed E-state index contributed by atoms with van der Waals surface area (Å²) in [7, 11) is 7.75. The minimum atomic E-state index is 0. The van der Waals surface area contributed by atoms with Crippen LogP contribution in [-0.4, -0.2) is 43.9 Å². The van der Waals surface area contributed by atoms with Crippen LogP contribution in [-0.2, 0) is 0 Å². The quantitative estimate of drug-likeness (QED) is 0.459. The fraction of sp³-hybridized carbons (Fsp3) is 0.625. The number of rotatable bonds is 2. The number of allylic oxidation sites excluding steroid dienone is 1. The van der Waals surface area contributed by atoms with E-state index in [1.165, 1.54) is 0 Å². The van der Waals surface area contributed by atoms with Crippen molar-refractivity contribution in [2.75, 3.05) is 28.2 Å². The molecule has 0 fully saturated rings. The van der Waals surface area contributed by atoms with E-state index in [-0.39, 0.29) is 7.43 Å². The van der Waals surface area contributed by atoms with E-state index in [2.05, 4.69) is 0 Å². The molecule has 11 heavy (non-hydrogen) atoms. The lowest BCUT2D eigenvalue weighted by Crippen LogP contribution is -2.04. The van der Waals surface area contributed by atoms with Crippen LogP contribution < -0.4 is 0 Å². The van der Waals surface area contributed by atoms with Crippen LogP contribution in [0.4, 0.5) is 0 Å². The van der Waals surface area contributed by atoms with Gasteiger partial charge in [-0.1, -0.05) is 19.0 Å². The Balaban J connectivity index is 0. The summed E-state index contributed by atoms with van der Waals surface area (Å²) in [5.41, 5.74) is 0. The molecule has 0 saturated carbocycles. The highest BCUT2D eigenvalue weighted by Gasteiger charge is 1.91. The van der Waals surface area contributed by atoms with Crippen molar-refractivity contribution in [1.29, 1.82) is 0 Å². The van der Waals surface area contributed by atoms with E-state index in [4.69, 9.17) is 11.6 Å². The molecule has 0 unspecified atom stereocenters. The van der Waals surface area contributed by atoms with Gasteiger partial charge in [0.2, 0.25) is 0 Å². The molecule has 0 spiro atoms. The molecule has 66 valence electrons. The first-order valence-corrected chi connectivity index (χ1v) is 3.45. The summed E-state index contributed by atoms with van der Waals surface area (Å²) in [5, 5.41) is 0.731.